The Morgan fingerprint density at radius 2 is 1.62 bits per heavy atom. The maximum Gasteiger partial charge on any atom is 0.120 e. The Kier molecular flexibility index (Phi) is 7.35. The molecule has 0 atom stereocenters. The Bertz CT molecular complexity index is 615. The highest BCUT2D eigenvalue weighted by molar-refractivity contribution is 9.10. The lowest BCUT2D eigenvalue weighted by atomic mass is 9.84. The molecule has 3 rings (SSSR count). The standard InChI is InChI=1S/C22H29BrO3/c1-2-22(16-25-17-22)15-24-11-5-3-4-6-12-26-21-13-18-7-9-20(23)10-8-19(18)14-21/h7-10,13-14H,2-6,11-12,15-17H2,1H3. The summed E-state index contributed by atoms with van der Waals surface area (Å²) in [6.07, 6.45) is 5.76. The van der Waals surface area contributed by atoms with Crippen molar-refractivity contribution in [1.82, 2.24) is 0 Å². The van der Waals surface area contributed by atoms with Crippen LogP contribution in [-0.4, -0.2) is 33.0 Å². The predicted octanol–water partition coefficient (Wildman–Crippen LogP) is 5.94. The second kappa shape index (κ2) is 9.72. The molecular weight excluding hydrogens is 392 g/mol. The highest BCUT2D eigenvalue weighted by atomic mass is 79.9. The van der Waals surface area contributed by atoms with E-state index in [4.69, 9.17) is 14.2 Å². The van der Waals surface area contributed by atoms with Gasteiger partial charge in [0.15, 0.2) is 0 Å². The number of fused-ring (bicyclic) bond motifs is 1. The summed E-state index contributed by atoms with van der Waals surface area (Å²) in [4.78, 5) is 0. The molecule has 0 saturated carbocycles. The third-order valence-electron chi connectivity index (χ3n) is 5.20. The third kappa shape index (κ3) is 5.45. The number of halogens is 1. The summed E-state index contributed by atoms with van der Waals surface area (Å²) in [6.45, 7) is 6.46. The number of unbranched alkanes of at least 4 members (excludes halogenated alkanes) is 3. The maximum atomic E-state index is 5.90. The fraction of sp³-hybridized carbons (Fsp3) is 0.545. The van der Waals surface area contributed by atoms with Gasteiger partial charge in [0.05, 0.1) is 26.4 Å². The number of hydrogen-bond acceptors (Lipinski definition) is 3. The van der Waals surface area contributed by atoms with Gasteiger partial charge in [-0.25, -0.2) is 0 Å². The highest BCUT2D eigenvalue weighted by Gasteiger charge is 2.36. The van der Waals surface area contributed by atoms with Gasteiger partial charge in [-0.1, -0.05) is 41.4 Å². The minimum absolute atomic E-state index is 0.310. The zero-order chi connectivity index (χ0) is 18.2. The zero-order valence-electron chi connectivity index (χ0n) is 15.6. The van der Waals surface area contributed by atoms with Gasteiger partial charge in [0, 0.05) is 16.5 Å². The van der Waals surface area contributed by atoms with Crippen LogP contribution in [0.5, 0.6) is 5.75 Å². The molecule has 0 bridgehead atoms. The van der Waals surface area contributed by atoms with E-state index in [1.165, 1.54) is 24.0 Å². The predicted molar refractivity (Wildman–Crippen MR) is 109 cm³/mol. The molecule has 0 amide bonds. The Morgan fingerprint density at radius 3 is 2.19 bits per heavy atom. The first-order valence-electron chi connectivity index (χ1n) is 9.68. The van der Waals surface area contributed by atoms with Crippen molar-refractivity contribution in [3.05, 3.63) is 40.9 Å². The number of hydrogen-bond donors (Lipinski definition) is 0. The lowest BCUT2D eigenvalue weighted by Gasteiger charge is -2.40. The molecule has 4 heteroatoms. The third-order valence-corrected chi connectivity index (χ3v) is 5.73. The molecule has 142 valence electrons. The summed E-state index contributed by atoms with van der Waals surface area (Å²) in [5, 5.41) is 0. The van der Waals surface area contributed by atoms with E-state index in [0.29, 0.717) is 5.41 Å². The fourth-order valence-corrected chi connectivity index (χ4v) is 3.46. The second-order valence-corrected chi connectivity index (χ2v) is 8.23. The van der Waals surface area contributed by atoms with Crippen molar-refractivity contribution in [3.8, 4) is 16.9 Å². The first-order chi connectivity index (χ1) is 12.7. The average molecular weight is 421 g/mol. The number of ether oxygens (including phenoxy) is 3. The van der Waals surface area contributed by atoms with E-state index in [2.05, 4.69) is 59.3 Å². The van der Waals surface area contributed by atoms with Crippen LogP contribution in [0.25, 0.3) is 11.1 Å². The quantitative estimate of drug-likeness (QED) is 0.421. The van der Waals surface area contributed by atoms with Crippen molar-refractivity contribution in [2.45, 2.75) is 39.0 Å². The van der Waals surface area contributed by atoms with E-state index in [-0.39, 0.29) is 0 Å². The van der Waals surface area contributed by atoms with Gasteiger partial charge >= 0.3 is 0 Å². The van der Waals surface area contributed by atoms with E-state index in [1.54, 1.807) is 0 Å². The van der Waals surface area contributed by atoms with Gasteiger partial charge < -0.3 is 14.2 Å². The van der Waals surface area contributed by atoms with Crippen molar-refractivity contribution in [1.29, 1.82) is 0 Å². The average Bonchev–Trinajstić information content (AvgIpc) is 2.92. The summed E-state index contributed by atoms with van der Waals surface area (Å²) in [6, 6.07) is 12.6. The molecule has 0 N–H and O–H groups in total. The molecule has 0 aromatic rings. The Balaban J connectivity index is 1.25. The van der Waals surface area contributed by atoms with Crippen molar-refractivity contribution in [2.75, 3.05) is 33.0 Å². The van der Waals surface area contributed by atoms with Crippen LogP contribution in [0.2, 0.25) is 0 Å². The molecule has 26 heavy (non-hydrogen) atoms. The van der Waals surface area contributed by atoms with Crippen LogP contribution in [0.3, 0.4) is 0 Å². The van der Waals surface area contributed by atoms with Gasteiger partial charge in [-0.15, -0.1) is 0 Å². The smallest absolute Gasteiger partial charge is 0.120 e. The molecule has 2 aliphatic carbocycles. The normalized spacial score (nSPS) is 15.8. The summed E-state index contributed by atoms with van der Waals surface area (Å²) < 4.78 is 18.2. The minimum atomic E-state index is 0.310. The van der Waals surface area contributed by atoms with Crippen molar-refractivity contribution >= 4 is 15.9 Å². The topological polar surface area (TPSA) is 27.7 Å². The Hall–Kier alpha value is -1.10. The van der Waals surface area contributed by atoms with Crippen LogP contribution >= 0.6 is 15.9 Å². The molecule has 3 aliphatic rings. The van der Waals surface area contributed by atoms with E-state index < -0.39 is 0 Å². The van der Waals surface area contributed by atoms with Crippen molar-refractivity contribution < 1.29 is 14.2 Å². The number of rotatable bonds is 11. The summed E-state index contributed by atoms with van der Waals surface area (Å²) in [5.74, 6) is 0.971. The van der Waals surface area contributed by atoms with Crippen LogP contribution in [-0.2, 0) is 9.47 Å². The molecule has 1 aliphatic heterocycles. The molecule has 1 saturated heterocycles. The molecular formula is C22H29BrO3. The monoisotopic (exact) mass is 420 g/mol. The van der Waals surface area contributed by atoms with Gasteiger partial charge in [0.1, 0.15) is 5.75 Å². The molecule has 1 heterocycles. The van der Waals surface area contributed by atoms with Crippen LogP contribution < -0.4 is 4.74 Å². The van der Waals surface area contributed by atoms with Gasteiger partial charge in [0.2, 0.25) is 0 Å². The molecule has 0 aromatic heterocycles. The van der Waals surface area contributed by atoms with E-state index in [0.717, 1.165) is 62.5 Å². The van der Waals surface area contributed by atoms with Gasteiger partial charge in [-0.05, 0) is 61.1 Å². The van der Waals surface area contributed by atoms with Crippen molar-refractivity contribution in [3.63, 3.8) is 0 Å². The van der Waals surface area contributed by atoms with Crippen LogP contribution in [0.4, 0.5) is 0 Å². The highest BCUT2D eigenvalue weighted by Crippen LogP contribution is 2.32. The molecule has 3 nitrogen and oxygen atoms in total. The molecule has 0 aromatic carbocycles. The second-order valence-electron chi connectivity index (χ2n) is 7.31. The van der Waals surface area contributed by atoms with Gasteiger partial charge in [0.25, 0.3) is 0 Å². The summed E-state index contributed by atoms with van der Waals surface area (Å²) in [7, 11) is 0. The molecule has 0 radical (unpaired) electrons. The first kappa shape index (κ1) is 19.7. The summed E-state index contributed by atoms with van der Waals surface area (Å²) >= 11 is 3.50. The van der Waals surface area contributed by atoms with Crippen LogP contribution in [0, 0.1) is 5.41 Å². The van der Waals surface area contributed by atoms with E-state index in [9.17, 15) is 0 Å². The molecule has 0 spiro atoms. The lowest BCUT2D eigenvalue weighted by molar-refractivity contribution is -0.150. The zero-order valence-corrected chi connectivity index (χ0v) is 17.2. The Labute approximate surface area is 165 Å². The Morgan fingerprint density at radius 1 is 0.962 bits per heavy atom. The van der Waals surface area contributed by atoms with Crippen LogP contribution in [0.1, 0.15) is 39.0 Å². The minimum Gasteiger partial charge on any atom is -0.494 e. The first-order valence-corrected chi connectivity index (χ1v) is 10.5. The van der Waals surface area contributed by atoms with Gasteiger partial charge in [-0.3, -0.25) is 0 Å². The van der Waals surface area contributed by atoms with E-state index in [1.807, 2.05) is 0 Å². The molecule has 0 unspecified atom stereocenters. The van der Waals surface area contributed by atoms with E-state index >= 15 is 0 Å². The fourth-order valence-electron chi connectivity index (χ4n) is 3.20. The SMILES string of the molecule is CCC1(COCCCCCCOc2cc3ccc(Br)ccc-3c2)COC1. The lowest BCUT2D eigenvalue weighted by Crippen LogP contribution is -2.45. The van der Waals surface area contributed by atoms with Crippen LogP contribution in [0.15, 0.2) is 40.9 Å². The largest absolute Gasteiger partial charge is 0.494 e. The maximum absolute atomic E-state index is 5.90. The molecule has 1 fully saturated rings. The van der Waals surface area contributed by atoms with Crippen molar-refractivity contribution in [2.24, 2.45) is 5.41 Å². The summed E-state index contributed by atoms with van der Waals surface area (Å²) in [5.41, 5.74) is 2.73. The van der Waals surface area contributed by atoms with Gasteiger partial charge in [-0.2, -0.15) is 0 Å².